The van der Waals surface area contributed by atoms with Gasteiger partial charge in [0.05, 0.1) is 0 Å². The molecule has 2 N–H and O–H groups in total. The van der Waals surface area contributed by atoms with Crippen molar-refractivity contribution < 1.29 is 10.2 Å². The van der Waals surface area contributed by atoms with Crippen molar-refractivity contribution in [2.75, 3.05) is 13.2 Å². The van der Waals surface area contributed by atoms with Gasteiger partial charge in [-0.05, 0) is 89.9 Å². The third-order valence-corrected chi connectivity index (χ3v) is 7.57. The highest BCUT2D eigenvalue weighted by molar-refractivity contribution is 5.46. The molecule has 3 atom stereocenters. The van der Waals surface area contributed by atoms with Gasteiger partial charge in [0.15, 0.2) is 0 Å². The molecule has 26 heavy (non-hydrogen) atoms. The summed E-state index contributed by atoms with van der Waals surface area (Å²) in [6.07, 6.45) is 9.00. The van der Waals surface area contributed by atoms with E-state index in [0.29, 0.717) is 18.4 Å². The van der Waals surface area contributed by atoms with Crippen molar-refractivity contribution in [3.63, 3.8) is 0 Å². The van der Waals surface area contributed by atoms with Gasteiger partial charge in [-0.2, -0.15) is 0 Å². The molecule has 2 aliphatic carbocycles. The minimum absolute atomic E-state index is 0.0679. The van der Waals surface area contributed by atoms with Gasteiger partial charge in [0.25, 0.3) is 0 Å². The van der Waals surface area contributed by atoms with Crippen molar-refractivity contribution in [2.24, 2.45) is 11.3 Å². The summed E-state index contributed by atoms with van der Waals surface area (Å²) in [6, 6.07) is 5.03. The first-order chi connectivity index (χ1) is 12.4. The Hall–Kier alpha value is -0.860. The molecule has 3 rings (SSSR count). The second kappa shape index (κ2) is 7.64. The largest absolute Gasteiger partial charge is 0.396 e. The topological polar surface area (TPSA) is 40.5 Å². The quantitative estimate of drug-likeness (QED) is 0.692. The summed E-state index contributed by atoms with van der Waals surface area (Å²) in [5.74, 6) is 1.13. The maximum absolute atomic E-state index is 10.1. The van der Waals surface area contributed by atoms with E-state index in [-0.39, 0.29) is 17.4 Å². The summed E-state index contributed by atoms with van der Waals surface area (Å²) in [5.41, 5.74) is 6.38. The number of hydrogen-bond acceptors (Lipinski definition) is 2. The zero-order valence-corrected chi connectivity index (χ0v) is 17.3. The summed E-state index contributed by atoms with van der Waals surface area (Å²) < 4.78 is 0. The summed E-state index contributed by atoms with van der Waals surface area (Å²) >= 11 is 0. The molecular weight excluding hydrogens is 320 g/mol. The fraction of sp³-hybridized carbons (Fsp3) is 0.750. The van der Waals surface area contributed by atoms with Crippen LogP contribution in [0.2, 0.25) is 0 Å². The first-order valence-corrected chi connectivity index (χ1v) is 10.7. The van der Waals surface area contributed by atoms with E-state index < -0.39 is 0 Å². The van der Waals surface area contributed by atoms with Crippen LogP contribution in [0.5, 0.6) is 0 Å². The minimum Gasteiger partial charge on any atom is -0.396 e. The van der Waals surface area contributed by atoms with Crippen LogP contribution >= 0.6 is 0 Å². The summed E-state index contributed by atoms with van der Waals surface area (Å²) in [6.45, 7) is 9.98. The maximum Gasteiger partial charge on any atom is 0.0487 e. The van der Waals surface area contributed by atoms with Gasteiger partial charge in [0, 0.05) is 13.2 Å². The highest BCUT2D eigenvalue weighted by atomic mass is 16.3. The molecule has 0 aliphatic heterocycles. The van der Waals surface area contributed by atoms with E-state index in [1.54, 1.807) is 11.1 Å². The number of rotatable bonds is 6. The summed E-state index contributed by atoms with van der Waals surface area (Å²) in [5, 5.41) is 19.3. The lowest BCUT2D eigenvalue weighted by molar-refractivity contribution is -0.0179. The molecule has 2 nitrogen and oxygen atoms in total. The van der Waals surface area contributed by atoms with Crippen molar-refractivity contribution in [3.8, 4) is 0 Å². The average molecular weight is 359 g/mol. The fourth-order valence-electron chi connectivity index (χ4n) is 6.08. The van der Waals surface area contributed by atoms with Crippen LogP contribution in [0.1, 0.15) is 94.4 Å². The van der Waals surface area contributed by atoms with Gasteiger partial charge in [-0.25, -0.2) is 0 Å². The molecule has 0 heterocycles. The number of aliphatic hydroxyl groups is 2. The number of aryl methyl sites for hydroxylation is 2. The van der Waals surface area contributed by atoms with Gasteiger partial charge in [0.2, 0.25) is 0 Å². The van der Waals surface area contributed by atoms with E-state index in [2.05, 4.69) is 39.8 Å². The van der Waals surface area contributed by atoms with Crippen molar-refractivity contribution in [2.45, 2.75) is 90.4 Å². The Morgan fingerprint density at radius 3 is 2.54 bits per heavy atom. The molecule has 0 saturated heterocycles. The lowest BCUT2D eigenvalue weighted by Crippen LogP contribution is -2.50. The fourth-order valence-corrected chi connectivity index (χ4v) is 6.08. The molecule has 1 aromatic rings. The van der Waals surface area contributed by atoms with Crippen molar-refractivity contribution >= 4 is 0 Å². The Balaban J connectivity index is 2.04. The smallest absolute Gasteiger partial charge is 0.0487 e. The molecule has 0 radical (unpaired) electrons. The monoisotopic (exact) mass is 358 g/mol. The molecule has 146 valence electrons. The van der Waals surface area contributed by atoms with Crippen LogP contribution in [0.25, 0.3) is 0 Å². The highest BCUT2D eigenvalue weighted by Gasteiger charge is 2.51. The molecule has 3 unspecified atom stereocenters. The standard InChI is InChI=1S/C24H38O2/c1-17(2)20-14-19-9-10-22-23(3,16-26)11-7-12-24(22,4)21(19)15-18(20)8-5-6-13-25/h14-15,17,22,25-26H,5-13,16H2,1-4H3. The summed E-state index contributed by atoms with van der Waals surface area (Å²) in [7, 11) is 0. The van der Waals surface area contributed by atoms with Crippen LogP contribution < -0.4 is 0 Å². The Morgan fingerprint density at radius 1 is 1.12 bits per heavy atom. The van der Waals surface area contributed by atoms with E-state index in [4.69, 9.17) is 0 Å². The molecule has 1 fully saturated rings. The molecule has 2 heteroatoms. The third kappa shape index (κ3) is 3.36. The van der Waals surface area contributed by atoms with Crippen molar-refractivity contribution in [3.05, 3.63) is 34.4 Å². The molecule has 0 bridgehead atoms. The zero-order valence-electron chi connectivity index (χ0n) is 17.3. The van der Waals surface area contributed by atoms with Crippen molar-refractivity contribution in [1.29, 1.82) is 0 Å². The average Bonchev–Trinajstić information content (AvgIpc) is 2.61. The van der Waals surface area contributed by atoms with Gasteiger partial charge in [-0.3, -0.25) is 0 Å². The van der Waals surface area contributed by atoms with Crippen LogP contribution in [-0.2, 0) is 18.3 Å². The molecule has 1 aromatic carbocycles. The lowest BCUT2D eigenvalue weighted by Gasteiger charge is -2.55. The normalized spacial score (nSPS) is 31.0. The second-order valence-corrected chi connectivity index (χ2v) is 9.72. The molecule has 2 aliphatic rings. The van der Waals surface area contributed by atoms with E-state index in [9.17, 15) is 10.2 Å². The number of benzene rings is 1. The SMILES string of the molecule is CC(C)c1cc2c(cc1CCCCO)C1(C)CCCC(C)(CO)C1CC2. The molecule has 1 saturated carbocycles. The van der Waals surface area contributed by atoms with Crippen LogP contribution in [0, 0.1) is 11.3 Å². The number of aliphatic hydroxyl groups excluding tert-OH is 2. The van der Waals surface area contributed by atoms with Crippen LogP contribution in [-0.4, -0.2) is 23.4 Å². The Kier molecular flexibility index (Phi) is 5.84. The molecular formula is C24H38O2. The van der Waals surface area contributed by atoms with Crippen LogP contribution in [0.3, 0.4) is 0 Å². The molecule has 0 spiro atoms. The minimum atomic E-state index is 0.0679. The van der Waals surface area contributed by atoms with Crippen molar-refractivity contribution in [1.82, 2.24) is 0 Å². The predicted molar refractivity (Wildman–Crippen MR) is 109 cm³/mol. The zero-order chi connectivity index (χ0) is 18.9. The second-order valence-electron chi connectivity index (χ2n) is 9.72. The van der Waals surface area contributed by atoms with E-state index in [1.807, 2.05) is 0 Å². The van der Waals surface area contributed by atoms with Gasteiger partial charge in [-0.1, -0.05) is 46.2 Å². The van der Waals surface area contributed by atoms with Gasteiger partial charge >= 0.3 is 0 Å². The highest BCUT2D eigenvalue weighted by Crippen LogP contribution is 2.57. The third-order valence-electron chi connectivity index (χ3n) is 7.57. The number of fused-ring (bicyclic) bond motifs is 3. The van der Waals surface area contributed by atoms with Gasteiger partial charge in [-0.15, -0.1) is 0 Å². The van der Waals surface area contributed by atoms with E-state index in [1.165, 1.54) is 30.4 Å². The van der Waals surface area contributed by atoms with E-state index in [0.717, 1.165) is 32.1 Å². The molecule has 0 amide bonds. The van der Waals surface area contributed by atoms with Crippen LogP contribution in [0.15, 0.2) is 12.1 Å². The Labute approximate surface area is 160 Å². The van der Waals surface area contributed by atoms with Gasteiger partial charge < -0.3 is 10.2 Å². The number of hydrogen-bond donors (Lipinski definition) is 2. The predicted octanol–water partition coefficient (Wildman–Crippen LogP) is 5.13. The Bertz CT molecular complexity index is 635. The first-order valence-electron chi connectivity index (χ1n) is 10.7. The lowest BCUT2D eigenvalue weighted by atomic mass is 9.50. The number of unbranched alkanes of at least 4 members (excludes halogenated alkanes) is 1. The van der Waals surface area contributed by atoms with Gasteiger partial charge in [0.1, 0.15) is 0 Å². The maximum atomic E-state index is 10.1. The summed E-state index contributed by atoms with van der Waals surface area (Å²) in [4.78, 5) is 0. The Morgan fingerprint density at radius 2 is 1.88 bits per heavy atom. The van der Waals surface area contributed by atoms with E-state index >= 15 is 0 Å². The molecule has 0 aromatic heterocycles. The first kappa shape index (κ1) is 19.9. The van der Waals surface area contributed by atoms with Crippen LogP contribution in [0.4, 0.5) is 0 Å².